The van der Waals surface area contributed by atoms with E-state index in [-0.39, 0.29) is 11.9 Å². The van der Waals surface area contributed by atoms with Crippen LogP contribution in [0.1, 0.15) is 25.3 Å². The average Bonchev–Trinajstić information content (AvgIpc) is 2.76. The number of aliphatic imine (C=N–C) groups is 1. The van der Waals surface area contributed by atoms with Crippen molar-refractivity contribution in [1.82, 2.24) is 10.2 Å². The number of carbonyl (C=O) groups excluding carboxylic acids is 1. The second-order valence-electron chi connectivity index (χ2n) is 6.75. The van der Waals surface area contributed by atoms with Gasteiger partial charge in [0.1, 0.15) is 0 Å². The van der Waals surface area contributed by atoms with Gasteiger partial charge in [0, 0.05) is 32.2 Å². The number of guanidine groups is 1. The van der Waals surface area contributed by atoms with E-state index in [1.165, 1.54) is 0 Å². The summed E-state index contributed by atoms with van der Waals surface area (Å²) >= 11 is 0. The van der Waals surface area contributed by atoms with Gasteiger partial charge in [-0.05, 0) is 32.3 Å². The lowest BCUT2D eigenvalue weighted by Gasteiger charge is -2.34. The number of likely N-dealkylation sites (tertiary alicyclic amines) is 1. The summed E-state index contributed by atoms with van der Waals surface area (Å²) in [6, 6.07) is 3.85. The highest BCUT2D eigenvalue weighted by Gasteiger charge is 2.28. The highest BCUT2D eigenvalue weighted by Crippen LogP contribution is 2.39. The van der Waals surface area contributed by atoms with Crippen LogP contribution in [-0.4, -0.2) is 71.4 Å². The minimum Gasteiger partial charge on any atom is -0.493 e. The molecule has 1 unspecified atom stereocenters. The number of nitrogens with one attached hydrogen (secondary N) is 1. The zero-order valence-corrected chi connectivity index (χ0v) is 18.1. The zero-order chi connectivity index (χ0) is 21.2. The number of hydrogen-bond donors (Lipinski definition) is 1. The Hall–Kier alpha value is -2.64. The van der Waals surface area contributed by atoms with E-state index in [1.807, 2.05) is 19.1 Å². The van der Waals surface area contributed by atoms with Gasteiger partial charge in [-0.3, -0.25) is 9.79 Å². The van der Waals surface area contributed by atoms with E-state index in [2.05, 4.69) is 15.2 Å². The lowest BCUT2D eigenvalue weighted by molar-refractivity contribution is -0.149. The molecule has 1 N–H and O–H groups in total. The third-order valence-electron chi connectivity index (χ3n) is 5.02. The SMILES string of the molecule is CCOC(=O)C1CCCN(C(=NC)NCCc2ccc(OC)c(OC)c2OC)C1. The van der Waals surface area contributed by atoms with E-state index in [0.29, 0.717) is 36.9 Å². The van der Waals surface area contributed by atoms with Crippen molar-refractivity contribution in [3.63, 3.8) is 0 Å². The molecule has 1 fully saturated rings. The molecule has 1 aromatic carbocycles. The number of methoxy groups -OCH3 is 3. The molecule has 1 atom stereocenters. The molecule has 29 heavy (non-hydrogen) atoms. The van der Waals surface area contributed by atoms with Crippen LogP contribution < -0.4 is 19.5 Å². The van der Waals surface area contributed by atoms with Crippen LogP contribution >= 0.6 is 0 Å². The maximum absolute atomic E-state index is 12.1. The topological polar surface area (TPSA) is 81.6 Å². The Morgan fingerprint density at radius 1 is 1.21 bits per heavy atom. The number of benzene rings is 1. The molecule has 0 bridgehead atoms. The molecular weight excluding hydrogens is 374 g/mol. The zero-order valence-electron chi connectivity index (χ0n) is 18.1. The normalized spacial score (nSPS) is 16.9. The Labute approximate surface area is 173 Å². The molecular formula is C21H33N3O5. The number of carbonyl (C=O) groups is 1. The number of piperidine rings is 1. The third-order valence-corrected chi connectivity index (χ3v) is 5.02. The van der Waals surface area contributed by atoms with Gasteiger partial charge in [-0.2, -0.15) is 0 Å². The first-order valence-electron chi connectivity index (χ1n) is 9.99. The van der Waals surface area contributed by atoms with E-state index in [0.717, 1.165) is 37.3 Å². The van der Waals surface area contributed by atoms with Crippen LogP contribution in [0.25, 0.3) is 0 Å². The van der Waals surface area contributed by atoms with Gasteiger partial charge in [-0.25, -0.2) is 0 Å². The highest BCUT2D eigenvalue weighted by molar-refractivity contribution is 5.81. The molecule has 1 heterocycles. The van der Waals surface area contributed by atoms with Crippen LogP contribution in [0.3, 0.4) is 0 Å². The minimum absolute atomic E-state index is 0.104. The fourth-order valence-corrected chi connectivity index (χ4v) is 3.62. The Balaban J connectivity index is 1.99. The van der Waals surface area contributed by atoms with Crippen molar-refractivity contribution >= 4 is 11.9 Å². The van der Waals surface area contributed by atoms with E-state index < -0.39 is 0 Å². The van der Waals surface area contributed by atoms with Crippen molar-refractivity contribution in [2.24, 2.45) is 10.9 Å². The first-order valence-corrected chi connectivity index (χ1v) is 9.99. The van der Waals surface area contributed by atoms with Crippen molar-refractivity contribution in [1.29, 1.82) is 0 Å². The molecule has 1 aliphatic heterocycles. The molecule has 0 amide bonds. The summed E-state index contributed by atoms with van der Waals surface area (Å²) in [7, 11) is 6.58. The van der Waals surface area contributed by atoms with Gasteiger partial charge in [-0.1, -0.05) is 6.07 Å². The summed E-state index contributed by atoms with van der Waals surface area (Å²) in [5, 5.41) is 3.39. The smallest absolute Gasteiger partial charge is 0.310 e. The van der Waals surface area contributed by atoms with E-state index >= 15 is 0 Å². The van der Waals surface area contributed by atoms with Gasteiger partial charge < -0.3 is 29.2 Å². The number of esters is 1. The van der Waals surface area contributed by atoms with Crippen LogP contribution in [0.5, 0.6) is 17.2 Å². The monoisotopic (exact) mass is 407 g/mol. The Morgan fingerprint density at radius 3 is 2.59 bits per heavy atom. The second-order valence-corrected chi connectivity index (χ2v) is 6.75. The minimum atomic E-state index is -0.122. The highest BCUT2D eigenvalue weighted by atomic mass is 16.5. The molecule has 0 aliphatic carbocycles. The molecule has 1 aromatic rings. The molecule has 0 radical (unpaired) electrons. The predicted octanol–water partition coefficient (Wildman–Crippen LogP) is 2.11. The molecule has 0 aromatic heterocycles. The fourth-order valence-electron chi connectivity index (χ4n) is 3.62. The van der Waals surface area contributed by atoms with Gasteiger partial charge >= 0.3 is 5.97 Å². The maximum Gasteiger partial charge on any atom is 0.310 e. The Morgan fingerprint density at radius 2 is 1.97 bits per heavy atom. The van der Waals surface area contributed by atoms with E-state index in [9.17, 15) is 4.79 Å². The number of hydrogen-bond acceptors (Lipinski definition) is 6. The van der Waals surface area contributed by atoms with Crippen molar-refractivity contribution in [3.8, 4) is 17.2 Å². The standard InChI is InChI=1S/C21H33N3O5/c1-6-29-20(25)16-8-7-13-24(14-16)21(22-2)23-12-11-15-9-10-17(26-3)19(28-5)18(15)27-4/h9-10,16H,6-8,11-14H2,1-5H3,(H,22,23). The molecule has 162 valence electrons. The molecule has 1 saturated heterocycles. The summed E-state index contributed by atoms with van der Waals surface area (Å²) in [4.78, 5) is 18.6. The lowest BCUT2D eigenvalue weighted by Crippen LogP contribution is -2.48. The van der Waals surface area contributed by atoms with E-state index in [1.54, 1.807) is 28.4 Å². The summed E-state index contributed by atoms with van der Waals surface area (Å²) < 4.78 is 21.5. The summed E-state index contributed by atoms with van der Waals surface area (Å²) in [6.07, 6.45) is 2.51. The van der Waals surface area contributed by atoms with Crippen molar-refractivity contribution in [2.75, 3.05) is 54.6 Å². The quantitative estimate of drug-likeness (QED) is 0.401. The van der Waals surface area contributed by atoms with Gasteiger partial charge in [0.2, 0.25) is 5.75 Å². The summed E-state index contributed by atoms with van der Waals surface area (Å²) in [5.74, 6) is 2.46. The van der Waals surface area contributed by atoms with Crippen molar-refractivity contribution in [3.05, 3.63) is 17.7 Å². The van der Waals surface area contributed by atoms with Gasteiger partial charge in [0.15, 0.2) is 17.5 Å². The summed E-state index contributed by atoms with van der Waals surface area (Å²) in [6.45, 7) is 4.41. The largest absolute Gasteiger partial charge is 0.493 e. The van der Waals surface area contributed by atoms with Crippen LogP contribution in [-0.2, 0) is 16.0 Å². The van der Waals surface area contributed by atoms with Crippen LogP contribution in [0.2, 0.25) is 0 Å². The molecule has 0 saturated carbocycles. The molecule has 2 rings (SSSR count). The van der Waals surface area contributed by atoms with E-state index in [4.69, 9.17) is 18.9 Å². The fraction of sp³-hybridized carbons (Fsp3) is 0.619. The van der Waals surface area contributed by atoms with Crippen molar-refractivity contribution < 1.29 is 23.7 Å². The lowest BCUT2D eigenvalue weighted by atomic mass is 9.98. The number of rotatable bonds is 8. The Bertz CT molecular complexity index is 708. The second kappa shape index (κ2) is 11.4. The third kappa shape index (κ3) is 5.68. The first-order chi connectivity index (χ1) is 14.1. The first kappa shape index (κ1) is 22.6. The molecule has 8 heteroatoms. The van der Waals surface area contributed by atoms with Crippen molar-refractivity contribution in [2.45, 2.75) is 26.2 Å². The van der Waals surface area contributed by atoms with Crippen LogP contribution in [0.15, 0.2) is 17.1 Å². The summed E-state index contributed by atoms with van der Waals surface area (Å²) in [5.41, 5.74) is 1.01. The molecule has 8 nitrogen and oxygen atoms in total. The number of nitrogens with zero attached hydrogens (tertiary/aromatic N) is 2. The van der Waals surface area contributed by atoms with Gasteiger partial charge in [-0.15, -0.1) is 0 Å². The van der Waals surface area contributed by atoms with Crippen LogP contribution in [0, 0.1) is 5.92 Å². The van der Waals surface area contributed by atoms with Gasteiger partial charge in [0.05, 0.1) is 33.9 Å². The Kier molecular flexibility index (Phi) is 8.89. The predicted molar refractivity (Wildman–Crippen MR) is 112 cm³/mol. The molecule has 0 spiro atoms. The number of ether oxygens (including phenoxy) is 4. The van der Waals surface area contributed by atoms with Crippen LogP contribution in [0.4, 0.5) is 0 Å². The molecule has 1 aliphatic rings. The maximum atomic E-state index is 12.1. The van der Waals surface area contributed by atoms with Gasteiger partial charge in [0.25, 0.3) is 0 Å². The average molecular weight is 408 g/mol.